The fourth-order valence-corrected chi connectivity index (χ4v) is 2.66. The summed E-state index contributed by atoms with van der Waals surface area (Å²) in [7, 11) is 1.57. The Balaban J connectivity index is 2.36. The number of aromatic nitrogens is 2. The van der Waals surface area contributed by atoms with Gasteiger partial charge >= 0.3 is 0 Å². The molecule has 1 saturated heterocycles. The van der Waals surface area contributed by atoms with Crippen LogP contribution < -0.4 is 4.74 Å². The monoisotopic (exact) mass is 295 g/mol. The quantitative estimate of drug-likeness (QED) is 0.775. The highest BCUT2D eigenvalue weighted by Gasteiger charge is 2.39. The highest BCUT2D eigenvalue weighted by Crippen LogP contribution is 2.28. The molecule has 2 heterocycles. The first-order valence-corrected chi connectivity index (χ1v) is 7.38. The number of ether oxygens (including phenoxy) is 2. The molecule has 0 spiro atoms. The fraction of sp³-hybridized carbons (Fsp3) is 0.733. The van der Waals surface area contributed by atoms with Gasteiger partial charge in [0, 0.05) is 19.1 Å². The van der Waals surface area contributed by atoms with Crippen LogP contribution in [0.25, 0.3) is 0 Å². The zero-order chi connectivity index (χ0) is 15.6. The molecule has 0 N–H and O–H groups in total. The molecule has 0 amide bonds. The van der Waals surface area contributed by atoms with E-state index in [-0.39, 0.29) is 11.8 Å². The first-order valence-electron chi connectivity index (χ1n) is 7.38. The summed E-state index contributed by atoms with van der Waals surface area (Å²) >= 11 is 0. The Bertz CT molecular complexity index is 502. The van der Waals surface area contributed by atoms with Crippen LogP contribution in [0.1, 0.15) is 44.2 Å². The number of methoxy groups -OCH3 is 1. The minimum absolute atomic E-state index is 0.0347. The third-order valence-electron chi connectivity index (χ3n) is 4.04. The molecule has 21 heavy (non-hydrogen) atoms. The van der Waals surface area contributed by atoms with E-state index in [2.05, 4.69) is 10.00 Å². The first kappa shape index (κ1) is 16.0. The third kappa shape index (κ3) is 2.96. The van der Waals surface area contributed by atoms with E-state index in [0.29, 0.717) is 24.7 Å². The van der Waals surface area contributed by atoms with Gasteiger partial charge in [-0.1, -0.05) is 0 Å². The Morgan fingerprint density at radius 2 is 2.00 bits per heavy atom. The van der Waals surface area contributed by atoms with Crippen LogP contribution in [-0.2, 0) is 4.74 Å². The fourth-order valence-electron chi connectivity index (χ4n) is 2.66. The van der Waals surface area contributed by atoms with E-state index >= 15 is 0 Å². The SMILES string of the molecule is COc1cnn(C(C)C)c1C(=O)C(C)(C)N1CCOCC1. The van der Waals surface area contributed by atoms with Gasteiger partial charge in [-0.2, -0.15) is 5.10 Å². The molecule has 0 aromatic carbocycles. The maximum atomic E-state index is 13.1. The lowest BCUT2D eigenvalue weighted by Crippen LogP contribution is -2.54. The average Bonchev–Trinajstić information content (AvgIpc) is 2.91. The minimum Gasteiger partial charge on any atom is -0.493 e. The first-order chi connectivity index (χ1) is 9.89. The van der Waals surface area contributed by atoms with E-state index in [9.17, 15) is 4.79 Å². The number of nitrogens with zero attached hydrogens (tertiary/aromatic N) is 3. The predicted octanol–water partition coefficient (Wildman–Crippen LogP) is 1.77. The zero-order valence-corrected chi connectivity index (χ0v) is 13.5. The lowest BCUT2D eigenvalue weighted by molar-refractivity contribution is -0.00479. The Labute approximate surface area is 126 Å². The van der Waals surface area contributed by atoms with Crippen LogP contribution >= 0.6 is 0 Å². The lowest BCUT2D eigenvalue weighted by Gasteiger charge is -2.39. The van der Waals surface area contributed by atoms with E-state index in [1.54, 1.807) is 18.0 Å². The van der Waals surface area contributed by atoms with Gasteiger partial charge in [-0.15, -0.1) is 0 Å². The summed E-state index contributed by atoms with van der Waals surface area (Å²) in [6.45, 7) is 10.8. The zero-order valence-electron chi connectivity index (χ0n) is 13.5. The van der Waals surface area contributed by atoms with E-state index in [0.717, 1.165) is 13.1 Å². The molecule has 0 radical (unpaired) electrons. The molecule has 0 aliphatic carbocycles. The van der Waals surface area contributed by atoms with Gasteiger partial charge in [0.2, 0.25) is 5.78 Å². The standard InChI is InChI=1S/C15H25N3O3/c1-11(2)18-13(12(20-5)10-16-18)14(19)15(3,4)17-6-8-21-9-7-17/h10-11H,6-9H2,1-5H3. The van der Waals surface area contributed by atoms with Crippen molar-refractivity contribution in [2.24, 2.45) is 0 Å². The number of Topliss-reactive ketones (excluding diaryl/α,β-unsaturated/α-hetero) is 1. The predicted molar refractivity (Wildman–Crippen MR) is 80.0 cm³/mol. The number of carbonyl (C=O) groups excluding carboxylic acids is 1. The van der Waals surface area contributed by atoms with Gasteiger partial charge < -0.3 is 9.47 Å². The largest absolute Gasteiger partial charge is 0.493 e. The van der Waals surface area contributed by atoms with Crippen molar-refractivity contribution in [3.8, 4) is 5.75 Å². The van der Waals surface area contributed by atoms with Crippen LogP contribution in [0.15, 0.2) is 6.20 Å². The van der Waals surface area contributed by atoms with Crippen molar-refractivity contribution in [1.82, 2.24) is 14.7 Å². The molecule has 0 atom stereocenters. The number of hydrogen-bond donors (Lipinski definition) is 0. The highest BCUT2D eigenvalue weighted by molar-refractivity contribution is 6.03. The van der Waals surface area contributed by atoms with Crippen molar-refractivity contribution in [3.05, 3.63) is 11.9 Å². The second-order valence-corrected chi connectivity index (χ2v) is 6.09. The van der Waals surface area contributed by atoms with Gasteiger partial charge in [0.25, 0.3) is 0 Å². The molecule has 6 heteroatoms. The van der Waals surface area contributed by atoms with Crippen molar-refractivity contribution in [1.29, 1.82) is 0 Å². The van der Waals surface area contributed by atoms with Gasteiger partial charge in [0.05, 0.1) is 32.1 Å². The molecular formula is C15H25N3O3. The molecule has 1 aliphatic heterocycles. The van der Waals surface area contributed by atoms with Crippen molar-refractivity contribution < 1.29 is 14.3 Å². The Morgan fingerprint density at radius 1 is 1.38 bits per heavy atom. The summed E-state index contributed by atoms with van der Waals surface area (Å²) in [5.41, 5.74) is -0.0620. The number of rotatable bonds is 5. The molecule has 118 valence electrons. The summed E-state index contributed by atoms with van der Waals surface area (Å²) in [6, 6.07) is 0.105. The van der Waals surface area contributed by atoms with Gasteiger partial charge in [-0.25, -0.2) is 0 Å². The van der Waals surface area contributed by atoms with Crippen molar-refractivity contribution in [2.75, 3.05) is 33.4 Å². The van der Waals surface area contributed by atoms with Gasteiger partial charge in [0.1, 0.15) is 5.69 Å². The molecule has 1 fully saturated rings. The molecule has 1 aromatic heterocycles. The number of carbonyl (C=O) groups is 1. The van der Waals surface area contributed by atoms with E-state index < -0.39 is 5.54 Å². The van der Waals surface area contributed by atoms with Gasteiger partial charge in [0.15, 0.2) is 5.75 Å². The van der Waals surface area contributed by atoms with E-state index in [4.69, 9.17) is 9.47 Å². The van der Waals surface area contributed by atoms with Crippen LogP contribution in [0.5, 0.6) is 5.75 Å². The molecule has 6 nitrogen and oxygen atoms in total. The second-order valence-electron chi connectivity index (χ2n) is 6.09. The van der Waals surface area contributed by atoms with Crippen LogP contribution in [0.3, 0.4) is 0 Å². The highest BCUT2D eigenvalue weighted by atomic mass is 16.5. The smallest absolute Gasteiger partial charge is 0.204 e. The summed E-state index contributed by atoms with van der Waals surface area (Å²) in [5, 5.41) is 4.29. The van der Waals surface area contributed by atoms with Crippen molar-refractivity contribution in [2.45, 2.75) is 39.3 Å². The molecule has 0 unspecified atom stereocenters. The minimum atomic E-state index is -0.607. The molecule has 2 rings (SSSR count). The Kier molecular flexibility index (Phi) is 4.68. The third-order valence-corrected chi connectivity index (χ3v) is 4.04. The number of ketones is 1. The molecular weight excluding hydrogens is 270 g/mol. The van der Waals surface area contributed by atoms with Crippen molar-refractivity contribution in [3.63, 3.8) is 0 Å². The van der Waals surface area contributed by atoms with Crippen LogP contribution in [0, 0.1) is 0 Å². The molecule has 1 aliphatic rings. The summed E-state index contributed by atoms with van der Waals surface area (Å²) in [5.74, 6) is 0.572. The second kappa shape index (κ2) is 6.15. The van der Waals surface area contributed by atoms with Crippen LogP contribution in [-0.4, -0.2) is 59.4 Å². The van der Waals surface area contributed by atoms with Crippen molar-refractivity contribution >= 4 is 5.78 Å². The molecule has 0 saturated carbocycles. The maximum absolute atomic E-state index is 13.1. The molecule has 1 aromatic rings. The van der Waals surface area contributed by atoms with E-state index in [1.807, 2.05) is 27.7 Å². The maximum Gasteiger partial charge on any atom is 0.204 e. The number of hydrogen-bond acceptors (Lipinski definition) is 5. The van der Waals surface area contributed by atoms with Crippen LogP contribution in [0.4, 0.5) is 0 Å². The van der Waals surface area contributed by atoms with Gasteiger partial charge in [-0.05, 0) is 27.7 Å². The topological polar surface area (TPSA) is 56.6 Å². The lowest BCUT2D eigenvalue weighted by atomic mass is 9.93. The Hall–Kier alpha value is -1.40. The summed E-state index contributed by atoms with van der Waals surface area (Å²) in [6.07, 6.45) is 1.61. The van der Waals surface area contributed by atoms with Crippen LogP contribution in [0.2, 0.25) is 0 Å². The summed E-state index contributed by atoms with van der Waals surface area (Å²) < 4.78 is 12.4. The average molecular weight is 295 g/mol. The number of morpholine rings is 1. The normalized spacial score (nSPS) is 17.2. The molecule has 0 bridgehead atoms. The van der Waals surface area contributed by atoms with Gasteiger partial charge in [-0.3, -0.25) is 14.4 Å². The Morgan fingerprint density at radius 3 is 2.52 bits per heavy atom. The van der Waals surface area contributed by atoms with E-state index in [1.165, 1.54) is 0 Å². The summed E-state index contributed by atoms with van der Waals surface area (Å²) in [4.78, 5) is 15.3.